The molecule has 3 nitrogen and oxygen atoms in total. The summed E-state index contributed by atoms with van der Waals surface area (Å²) in [5.41, 5.74) is 2.21. The minimum absolute atomic E-state index is 0.0178. The fourth-order valence-corrected chi connectivity index (χ4v) is 2.15. The molecule has 0 spiro atoms. The van der Waals surface area contributed by atoms with Crippen molar-refractivity contribution in [3.05, 3.63) is 83.9 Å². The van der Waals surface area contributed by atoms with Gasteiger partial charge in [0.15, 0.2) is 5.78 Å². The summed E-state index contributed by atoms with van der Waals surface area (Å²) in [6.07, 6.45) is 4.61. The molecule has 0 radical (unpaired) electrons. The van der Waals surface area contributed by atoms with Gasteiger partial charge in [0, 0.05) is 19.4 Å². The second-order valence-corrected chi connectivity index (χ2v) is 5.32. The molecule has 0 fully saturated rings. The van der Waals surface area contributed by atoms with E-state index in [1.807, 2.05) is 66.7 Å². The van der Waals surface area contributed by atoms with Crippen LogP contribution in [0.5, 0.6) is 0 Å². The molecule has 0 aromatic heterocycles. The number of nitrogens with one attached hydrogen (secondary N) is 1. The highest BCUT2D eigenvalue weighted by atomic mass is 16.2. The summed E-state index contributed by atoms with van der Waals surface area (Å²) >= 11 is 0. The first-order valence-electron chi connectivity index (χ1n) is 7.78. The van der Waals surface area contributed by atoms with Gasteiger partial charge in [0.1, 0.15) is 0 Å². The van der Waals surface area contributed by atoms with E-state index >= 15 is 0 Å². The van der Waals surface area contributed by atoms with Crippen LogP contribution in [-0.2, 0) is 22.6 Å². The molecule has 0 unspecified atom stereocenters. The van der Waals surface area contributed by atoms with E-state index in [0.29, 0.717) is 6.54 Å². The highest BCUT2D eigenvalue weighted by Gasteiger charge is 2.04. The first-order valence-corrected chi connectivity index (χ1v) is 7.78. The van der Waals surface area contributed by atoms with Gasteiger partial charge in [0.25, 0.3) is 0 Å². The Morgan fingerprint density at radius 3 is 2.09 bits per heavy atom. The van der Waals surface area contributed by atoms with Crippen LogP contribution in [-0.4, -0.2) is 11.7 Å². The normalized spacial score (nSPS) is 10.6. The lowest BCUT2D eigenvalue weighted by Crippen LogP contribution is -2.23. The van der Waals surface area contributed by atoms with Crippen molar-refractivity contribution in [2.45, 2.75) is 25.8 Å². The SMILES string of the molecule is O=C(/C=C/Cc1ccccc1)CCC(=O)NCc1ccccc1. The summed E-state index contributed by atoms with van der Waals surface area (Å²) < 4.78 is 0. The molecule has 0 bridgehead atoms. The van der Waals surface area contributed by atoms with Crippen molar-refractivity contribution in [3.8, 4) is 0 Å². The Morgan fingerprint density at radius 2 is 1.43 bits per heavy atom. The quantitative estimate of drug-likeness (QED) is 0.759. The lowest BCUT2D eigenvalue weighted by Gasteiger charge is -2.04. The van der Waals surface area contributed by atoms with Gasteiger partial charge in [-0.3, -0.25) is 9.59 Å². The molecule has 1 amide bonds. The first-order chi connectivity index (χ1) is 11.2. The molecule has 118 valence electrons. The van der Waals surface area contributed by atoms with E-state index in [-0.39, 0.29) is 24.5 Å². The van der Waals surface area contributed by atoms with E-state index in [0.717, 1.165) is 17.5 Å². The summed E-state index contributed by atoms with van der Waals surface area (Å²) in [5, 5.41) is 2.82. The van der Waals surface area contributed by atoms with Gasteiger partial charge in [0.05, 0.1) is 0 Å². The van der Waals surface area contributed by atoms with E-state index < -0.39 is 0 Å². The Kier molecular flexibility index (Phi) is 6.79. The van der Waals surface area contributed by atoms with E-state index in [9.17, 15) is 9.59 Å². The largest absolute Gasteiger partial charge is 0.352 e. The second-order valence-electron chi connectivity index (χ2n) is 5.32. The molecule has 0 aliphatic carbocycles. The molecular formula is C20H21NO2. The average molecular weight is 307 g/mol. The van der Waals surface area contributed by atoms with Crippen LogP contribution in [0.2, 0.25) is 0 Å². The molecule has 1 N–H and O–H groups in total. The molecular weight excluding hydrogens is 286 g/mol. The fourth-order valence-electron chi connectivity index (χ4n) is 2.15. The molecule has 0 heterocycles. The van der Waals surface area contributed by atoms with Crippen LogP contribution in [0, 0.1) is 0 Å². The van der Waals surface area contributed by atoms with Gasteiger partial charge in [-0.1, -0.05) is 66.7 Å². The first kappa shape index (κ1) is 16.7. The Balaban J connectivity index is 1.64. The number of carbonyl (C=O) groups is 2. The van der Waals surface area contributed by atoms with Gasteiger partial charge in [-0.05, 0) is 23.6 Å². The van der Waals surface area contributed by atoms with Crippen molar-refractivity contribution in [2.24, 2.45) is 0 Å². The third kappa shape index (κ3) is 6.74. The third-order valence-electron chi connectivity index (χ3n) is 3.43. The molecule has 0 aliphatic heterocycles. The van der Waals surface area contributed by atoms with Crippen molar-refractivity contribution < 1.29 is 9.59 Å². The zero-order chi connectivity index (χ0) is 16.3. The van der Waals surface area contributed by atoms with Crippen molar-refractivity contribution >= 4 is 11.7 Å². The number of rotatable bonds is 8. The van der Waals surface area contributed by atoms with Gasteiger partial charge in [-0.25, -0.2) is 0 Å². The number of ketones is 1. The lowest BCUT2D eigenvalue weighted by atomic mass is 10.1. The van der Waals surface area contributed by atoms with Crippen LogP contribution in [0.4, 0.5) is 0 Å². The molecule has 2 rings (SSSR count). The van der Waals surface area contributed by atoms with Crippen LogP contribution in [0.3, 0.4) is 0 Å². The number of hydrogen-bond donors (Lipinski definition) is 1. The Hall–Kier alpha value is -2.68. The molecule has 2 aromatic rings. The van der Waals surface area contributed by atoms with E-state index in [1.54, 1.807) is 6.08 Å². The molecule has 0 atom stereocenters. The van der Waals surface area contributed by atoms with Crippen LogP contribution in [0.15, 0.2) is 72.8 Å². The number of amides is 1. The molecule has 23 heavy (non-hydrogen) atoms. The minimum Gasteiger partial charge on any atom is -0.352 e. The summed E-state index contributed by atoms with van der Waals surface area (Å²) in [4.78, 5) is 23.5. The maximum atomic E-state index is 11.7. The average Bonchev–Trinajstić information content (AvgIpc) is 2.60. The maximum absolute atomic E-state index is 11.7. The van der Waals surface area contributed by atoms with Gasteiger partial charge in [0.2, 0.25) is 5.91 Å². The van der Waals surface area contributed by atoms with Gasteiger partial charge in [-0.2, -0.15) is 0 Å². The van der Waals surface area contributed by atoms with Gasteiger partial charge < -0.3 is 5.32 Å². The van der Waals surface area contributed by atoms with Crippen LogP contribution in [0.25, 0.3) is 0 Å². The van der Waals surface area contributed by atoms with Crippen molar-refractivity contribution in [1.82, 2.24) is 5.32 Å². The van der Waals surface area contributed by atoms with Crippen LogP contribution < -0.4 is 5.32 Å². The van der Waals surface area contributed by atoms with Crippen molar-refractivity contribution in [2.75, 3.05) is 0 Å². The summed E-state index contributed by atoms with van der Waals surface area (Å²) in [6, 6.07) is 19.7. The van der Waals surface area contributed by atoms with Crippen LogP contribution >= 0.6 is 0 Å². The third-order valence-corrected chi connectivity index (χ3v) is 3.43. The number of hydrogen-bond acceptors (Lipinski definition) is 2. The molecule has 2 aromatic carbocycles. The Bertz CT molecular complexity index is 648. The molecule has 0 saturated heterocycles. The monoisotopic (exact) mass is 307 g/mol. The Morgan fingerprint density at radius 1 is 0.826 bits per heavy atom. The van der Waals surface area contributed by atoms with Crippen molar-refractivity contribution in [1.29, 1.82) is 0 Å². The maximum Gasteiger partial charge on any atom is 0.220 e. The van der Waals surface area contributed by atoms with E-state index in [1.165, 1.54) is 0 Å². The lowest BCUT2D eigenvalue weighted by molar-refractivity contribution is -0.124. The van der Waals surface area contributed by atoms with Gasteiger partial charge in [-0.15, -0.1) is 0 Å². The zero-order valence-corrected chi connectivity index (χ0v) is 13.1. The zero-order valence-electron chi connectivity index (χ0n) is 13.1. The highest BCUT2D eigenvalue weighted by Crippen LogP contribution is 2.02. The van der Waals surface area contributed by atoms with E-state index in [4.69, 9.17) is 0 Å². The summed E-state index contributed by atoms with van der Waals surface area (Å²) in [6.45, 7) is 0.498. The minimum atomic E-state index is -0.0985. The number of carbonyl (C=O) groups excluding carboxylic acids is 2. The van der Waals surface area contributed by atoms with E-state index in [2.05, 4.69) is 5.32 Å². The predicted molar refractivity (Wildman–Crippen MR) is 91.8 cm³/mol. The topological polar surface area (TPSA) is 46.2 Å². The van der Waals surface area contributed by atoms with Gasteiger partial charge >= 0.3 is 0 Å². The number of benzene rings is 2. The van der Waals surface area contributed by atoms with Crippen LogP contribution in [0.1, 0.15) is 24.0 Å². The predicted octanol–water partition coefficient (Wildman–Crippen LogP) is 3.45. The second kappa shape index (κ2) is 9.36. The smallest absolute Gasteiger partial charge is 0.220 e. The highest BCUT2D eigenvalue weighted by molar-refractivity contribution is 5.92. The molecule has 0 aliphatic rings. The number of allylic oxidation sites excluding steroid dienone is 2. The van der Waals surface area contributed by atoms with Crippen molar-refractivity contribution in [3.63, 3.8) is 0 Å². The molecule has 3 heteroatoms. The standard InChI is InChI=1S/C20H21NO2/c22-19(13-7-12-17-8-3-1-4-9-17)14-15-20(23)21-16-18-10-5-2-6-11-18/h1-11,13H,12,14-16H2,(H,21,23)/b13-7+. The fraction of sp³-hybridized carbons (Fsp3) is 0.200. The summed E-state index contributed by atoms with van der Waals surface area (Å²) in [5.74, 6) is -0.116. The Labute approximate surface area is 137 Å². The summed E-state index contributed by atoms with van der Waals surface area (Å²) in [7, 11) is 0. The molecule has 0 saturated carbocycles.